The molecule has 1 N–H and O–H groups in total. The lowest BCUT2D eigenvalue weighted by Crippen LogP contribution is -2.23. The zero-order valence-corrected chi connectivity index (χ0v) is 11.0. The van der Waals surface area contributed by atoms with Crippen LogP contribution in [-0.2, 0) is 6.42 Å². The first-order valence-corrected chi connectivity index (χ1v) is 6.48. The van der Waals surface area contributed by atoms with Crippen LogP contribution in [0.1, 0.15) is 39.0 Å². The van der Waals surface area contributed by atoms with Gasteiger partial charge in [0.2, 0.25) is 0 Å². The molecule has 0 fully saturated rings. The molecule has 0 aliphatic carbocycles. The zero-order valence-electron chi connectivity index (χ0n) is 10.2. The maximum atomic E-state index is 9.96. The predicted molar refractivity (Wildman–Crippen MR) is 67.3 cm³/mol. The first kappa shape index (κ1) is 12.7. The van der Waals surface area contributed by atoms with Gasteiger partial charge in [-0.2, -0.15) is 0 Å². The summed E-state index contributed by atoms with van der Waals surface area (Å²) in [5.74, 6) is 0.549. The maximum Gasteiger partial charge on any atom is 0.0591 e. The molecule has 0 aliphatic rings. The molecule has 0 saturated carbocycles. The van der Waals surface area contributed by atoms with Crippen molar-refractivity contribution in [3.63, 3.8) is 0 Å². The molecule has 86 valence electrons. The van der Waals surface area contributed by atoms with Gasteiger partial charge in [-0.15, -0.1) is 11.3 Å². The van der Waals surface area contributed by atoms with Gasteiger partial charge < -0.3 is 5.11 Å². The molecular weight excluding hydrogens is 204 g/mol. The van der Waals surface area contributed by atoms with E-state index in [0.29, 0.717) is 5.92 Å². The molecule has 1 heterocycles. The summed E-state index contributed by atoms with van der Waals surface area (Å²) in [5.41, 5.74) is 0.288. The summed E-state index contributed by atoms with van der Waals surface area (Å²) in [6.07, 6.45) is 1.50. The lowest BCUT2D eigenvalue weighted by atomic mass is 9.78. The van der Waals surface area contributed by atoms with E-state index in [1.54, 1.807) is 11.3 Å². The second-order valence-electron chi connectivity index (χ2n) is 5.44. The van der Waals surface area contributed by atoms with Gasteiger partial charge in [0, 0.05) is 11.3 Å². The highest BCUT2D eigenvalue weighted by molar-refractivity contribution is 7.09. The van der Waals surface area contributed by atoms with Crippen molar-refractivity contribution >= 4 is 11.3 Å². The second kappa shape index (κ2) is 5.13. The lowest BCUT2D eigenvalue weighted by molar-refractivity contribution is 0.111. The quantitative estimate of drug-likeness (QED) is 0.829. The molecule has 1 aromatic heterocycles. The van der Waals surface area contributed by atoms with E-state index in [4.69, 9.17) is 0 Å². The maximum absolute atomic E-state index is 9.96. The third-order valence-electron chi connectivity index (χ3n) is 3.12. The minimum Gasteiger partial charge on any atom is -0.393 e. The summed E-state index contributed by atoms with van der Waals surface area (Å²) in [6, 6.07) is 4.13. The Bertz CT molecular complexity index is 271. The van der Waals surface area contributed by atoms with Gasteiger partial charge in [-0.3, -0.25) is 0 Å². The molecule has 15 heavy (non-hydrogen) atoms. The van der Waals surface area contributed by atoms with Crippen molar-refractivity contribution in [1.82, 2.24) is 0 Å². The lowest BCUT2D eigenvalue weighted by Gasteiger charge is -2.29. The number of aliphatic hydroxyl groups excluding tert-OH is 1. The van der Waals surface area contributed by atoms with Crippen LogP contribution in [0.25, 0.3) is 0 Å². The fraction of sp³-hybridized carbons (Fsp3) is 0.692. The van der Waals surface area contributed by atoms with Crippen molar-refractivity contribution in [3.8, 4) is 0 Å². The first-order valence-electron chi connectivity index (χ1n) is 5.60. The second-order valence-corrected chi connectivity index (χ2v) is 6.47. The molecule has 0 amide bonds. The van der Waals surface area contributed by atoms with Crippen LogP contribution in [0.5, 0.6) is 0 Å². The number of hydrogen-bond acceptors (Lipinski definition) is 2. The van der Waals surface area contributed by atoms with Crippen LogP contribution in [0.4, 0.5) is 0 Å². The van der Waals surface area contributed by atoms with Crippen molar-refractivity contribution in [3.05, 3.63) is 22.4 Å². The van der Waals surface area contributed by atoms with Crippen LogP contribution in [-0.4, -0.2) is 11.2 Å². The van der Waals surface area contributed by atoms with Gasteiger partial charge in [0.25, 0.3) is 0 Å². The van der Waals surface area contributed by atoms with Crippen molar-refractivity contribution in [2.75, 3.05) is 0 Å². The average molecular weight is 226 g/mol. The summed E-state index contributed by atoms with van der Waals surface area (Å²) in [5, 5.41) is 12.0. The van der Waals surface area contributed by atoms with E-state index in [-0.39, 0.29) is 11.5 Å². The molecule has 2 heteroatoms. The molecular formula is C13H22OS. The van der Waals surface area contributed by atoms with E-state index < -0.39 is 0 Å². The Labute approximate surface area is 97.2 Å². The summed E-state index contributed by atoms with van der Waals surface area (Å²) in [4.78, 5) is 1.28. The molecule has 2 atom stereocenters. The van der Waals surface area contributed by atoms with Crippen molar-refractivity contribution in [2.24, 2.45) is 11.3 Å². The van der Waals surface area contributed by atoms with Crippen LogP contribution < -0.4 is 0 Å². The Kier molecular flexibility index (Phi) is 4.35. The van der Waals surface area contributed by atoms with E-state index >= 15 is 0 Å². The van der Waals surface area contributed by atoms with E-state index in [1.807, 2.05) is 6.07 Å². The molecule has 0 radical (unpaired) electrons. The first-order chi connectivity index (χ1) is 6.89. The Morgan fingerprint density at radius 2 is 2.07 bits per heavy atom. The van der Waals surface area contributed by atoms with E-state index in [1.165, 1.54) is 4.88 Å². The summed E-state index contributed by atoms with van der Waals surface area (Å²) in [6.45, 7) is 8.91. The standard InChI is InChI=1S/C13H22OS/c1-10(13(2,3)4)8-11(14)9-12-6-5-7-15-12/h5-7,10-11,14H,8-9H2,1-4H3. The number of rotatable bonds is 4. The van der Waals surface area contributed by atoms with Crippen molar-refractivity contribution < 1.29 is 5.11 Å². The highest BCUT2D eigenvalue weighted by atomic mass is 32.1. The average Bonchev–Trinajstić information content (AvgIpc) is 2.54. The van der Waals surface area contributed by atoms with Gasteiger partial charge in [-0.1, -0.05) is 33.8 Å². The molecule has 1 rings (SSSR count). The highest BCUT2D eigenvalue weighted by Gasteiger charge is 2.22. The van der Waals surface area contributed by atoms with E-state index in [9.17, 15) is 5.11 Å². The van der Waals surface area contributed by atoms with Crippen molar-refractivity contribution in [1.29, 1.82) is 0 Å². The van der Waals surface area contributed by atoms with Gasteiger partial charge in [0.05, 0.1) is 6.10 Å². The fourth-order valence-corrected chi connectivity index (χ4v) is 2.28. The molecule has 1 nitrogen and oxygen atoms in total. The minimum atomic E-state index is -0.196. The van der Waals surface area contributed by atoms with Crippen LogP contribution in [0, 0.1) is 11.3 Å². The highest BCUT2D eigenvalue weighted by Crippen LogP contribution is 2.29. The third kappa shape index (κ3) is 4.35. The molecule has 0 spiro atoms. The normalized spacial score (nSPS) is 16.3. The molecule has 0 aliphatic heterocycles. The van der Waals surface area contributed by atoms with Crippen molar-refractivity contribution in [2.45, 2.75) is 46.6 Å². The van der Waals surface area contributed by atoms with Gasteiger partial charge >= 0.3 is 0 Å². The van der Waals surface area contributed by atoms with Gasteiger partial charge in [-0.05, 0) is 29.2 Å². The van der Waals surface area contributed by atoms with Crippen LogP contribution in [0.15, 0.2) is 17.5 Å². The third-order valence-corrected chi connectivity index (χ3v) is 4.02. The minimum absolute atomic E-state index is 0.196. The topological polar surface area (TPSA) is 20.2 Å². The smallest absolute Gasteiger partial charge is 0.0591 e. The fourth-order valence-electron chi connectivity index (χ4n) is 1.51. The van der Waals surface area contributed by atoms with Crippen LogP contribution >= 0.6 is 11.3 Å². The molecule has 1 aromatic rings. The Morgan fingerprint density at radius 1 is 1.40 bits per heavy atom. The van der Waals surface area contributed by atoms with E-state index in [2.05, 4.69) is 39.1 Å². The Balaban J connectivity index is 2.39. The monoisotopic (exact) mass is 226 g/mol. The number of hydrogen-bond donors (Lipinski definition) is 1. The Hall–Kier alpha value is -0.340. The largest absolute Gasteiger partial charge is 0.393 e. The summed E-state index contributed by atoms with van der Waals surface area (Å²) < 4.78 is 0. The molecule has 0 saturated heterocycles. The number of aliphatic hydroxyl groups is 1. The summed E-state index contributed by atoms with van der Waals surface area (Å²) >= 11 is 1.73. The van der Waals surface area contributed by atoms with Crippen LogP contribution in [0.3, 0.4) is 0 Å². The number of thiophene rings is 1. The van der Waals surface area contributed by atoms with Gasteiger partial charge in [-0.25, -0.2) is 0 Å². The molecule has 0 aromatic carbocycles. The summed E-state index contributed by atoms with van der Waals surface area (Å²) in [7, 11) is 0. The molecule has 0 bridgehead atoms. The predicted octanol–water partition coefficient (Wildman–Crippen LogP) is 3.72. The zero-order chi connectivity index (χ0) is 11.5. The van der Waals surface area contributed by atoms with Gasteiger partial charge in [0.15, 0.2) is 0 Å². The van der Waals surface area contributed by atoms with Crippen LogP contribution in [0.2, 0.25) is 0 Å². The SMILES string of the molecule is CC(CC(O)Cc1cccs1)C(C)(C)C. The van der Waals surface area contributed by atoms with Gasteiger partial charge in [0.1, 0.15) is 0 Å². The molecule has 2 unspecified atom stereocenters. The van der Waals surface area contributed by atoms with E-state index in [0.717, 1.165) is 12.8 Å². The Morgan fingerprint density at radius 3 is 2.53 bits per heavy atom.